The van der Waals surface area contributed by atoms with Crippen LogP contribution in [0.5, 0.6) is 0 Å². The number of aromatic nitrogens is 2. The highest BCUT2D eigenvalue weighted by molar-refractivity contribution is 7.22. The van der Waals surface area contributed by atoms with Crippen LogP contribution in [-0.2, 0) is 0 Å². The van der Waals surface area contributed by atoms with E-state index in [1.165, 1.54) is 16.9 Å². The first-order valence-electron chi connectivity index (χ1n) is 5.93. The van der Waals surface area contributed by atoms with E-state index in [2.05, 4.69) is 29.0 Å². The Kier molecular flexibility index (Phi) is 2.64. The zero-order chi connectivity index (χ0) is 13.6. The van der Waals surface area contributed by atoms with Crippen LogP contribution in [0.4, 0.5) is 5.95 Å². The topological polar surface area (TPSA) is 71.8 Å². The Balaban J connectivity index is 2.39. The molecule has 3 rings (SSSR count). The molecule has 4 nitrogen and oxygen atoms in total. The monoisotopic (exact) mass is 271 g/mol. The third-order valence-electron chi connectivity index (χ3n) is 3.21. The second-order valence-corrected chi connectivity index (χ2v) is 5.50. The fraction of sp³-hybridized carbons (Fsp3) is 0.143. The molecular formula is C14H13N3OS. The molecule has 1 aromatic carbocycles. The molecule has 0 aliphatic heterocycles. The van der Waals surface area contributed by atoms with Crippen LogP contribution >= 0.6 is 11.3 Å². The van der Waals surface area contributed by atoms with E-state index in [1.807, 2.05) is 19.1 Å². The quantitative estimate of drug-likeness (QED) is 0.715. The van der Waals surface area contributed by atoms with Gasteiger partial charge in [-0.25, -0.2) is 4.98 Å². The number of aryl methyl sites for hydroxylation is 2. The van der Waals surface area contributed by atoms with Crippen LogP contribution in [0.15, 0.2) is 29.1 Å². The number of H-pyrrole nitrogens is 1. The highest BCUT2D eigenvalue weighted by atomic mass is 32.1. The highest BCUT2D eigenvalue weighted by Crippen LogP contribution is 2.37. The zero-order valence-electron chi connectivity index (χ0n) is 10.7. The molecule has 3 N–H and O–H groups in total. The largest absolute Gasteiger partial charge is 0.369 e. The Bertz CT molecular complexity index is 832. The fourth-order valence-corrected chi connectivity index (χ4v) is 3.52. The third kappa shape index (κ3) is 1.82. The first kappa shape index (κ1) is 11.9. The zero-order valence-corrected chi connectivity index (χ0v) is 11.5. The molecule has 3 aromatic rings. The maximum absolute atomic E-state index is 12.0. The summed E-state index contributed by atoms with van der Waals surface area (Å²) >= 11 is 1.51. The van der Waals surface area contributed by atoms with Gasteiger partial charge in [-0.05, 0) is 30.5 Å². The third-order valence-corrected chi connectivity index (χ3v) is 4.43. The number of nitrogens with zero attached hydrogens (tertiary/aromatic N) is 1. The predicted molar refractivity (Wildman–Crippen MR) is 79.6 cm³/mol. The summed E-state index contributed by atoms with van der Waals surface area (Å²) in [7, 11) is 0. The Labute approximate surface area is 113 Å². The lowest BCUT2D eigenvalue weighted by Crippen LogP contribution is -2.10. The standard InChI is InChI=1S/C14H13N3OS/c1-7-5-3-4-6-9(7)11-8(2)10-12(18)16-14(15)17-13(10)19-11/h3-6H,1-2H3,(H3,15,16,17,18). The van der Waals surface area contributed by atoms with E-state index in [1.54, 1.807) is 0 Å². The van der Waals surface area contributed by atoms with Crippen LogP contribution in [0.3, 0.4) is 0 Å². The van der Waals surface area contributed by atoms with E-state index >= 15 is 0 Å². The maximum atomic E-state index is 12.0. The number of anilines is 1. The molecule has 96 valence electrons. The molecule has 0 fully saturated rings. The molecule has 0 saturated heterocycles. The Morgan fingerprint density at radius 3 is 2.74 bits per heavy atom. The number of fused-ring (bicyclic) bond motifs is 1. The number of hydrogen-bond donors (Lipinski definition) is 2. The lowest BCUT2D eigenvalue weighted by Gasteiger charge is -2.03. The van der Waals surface area contributed by atoms with Gasteiger partial charge in [-0.1, -0.05) is 24.3 Å². The van der Waals surface area contributed by atoms with Crippen molar-refractivity contribution in [2.75, 3.05) is 5.73 Å². The summed E-state index contributed by atoms with van der Waals surface area (Å²) in [6.45, 7) is 4.01. The van der Waals surface area contributed by atoms with E-state index < -0.39 is 0 Å². The average molecular weight is 271 g/mol. The van der Waals surface area contributed by atoms with E-state index in [-0.39, 0.29) is 11.5 Å². The number of rotatable bonds is 1. The van der Waals surface area contributed by atoms with Crippen molar-refractivity contribution in [3.8, 4) is 10.4 Å². The molecule has 2 heterocycles. The normalized spacial score (nSPS) is 11.1. The Morgan fingerprint density at radius 1 is 1.26 bits per heavy atom. The van der Waals surface area contributed by atoms with Crippen LogP contribution in [0.2, 0.25) is 0 Å². The molecular weight excluding hydrogens is 258 g/mol. The minimum absolute atomic E-state index is 0.162. The van der Waals surface area contributed by atoms with Crippen molar-refractivity contribution in [3.63, 3.8) is 0 Å². The molecule has 19 heavy (non-hydrogen) atoms. The van der Waals surface area contributed by atoms with Gasteiger partial charge in [-0.3, -0.25) is 9.78 Å². The fourth-order valence-electron chi connectivity index (χ4n) is 2.25. The van der Waals surface area contributed by atoms with Crippen molar-refractivity contribution in [1.82, 2.24) is 9.97 Å². The first-order valence-corrected chi connectivity index (χ1v) is 6.74. The van der Waals surface area contributed by atoms with Gasteiger partial charge >= 0.3 is 0 Å². The number of nitrogens with one attached hydrogen (secondary N) is 1. The van der Waals surface area contributed by atoms with Crippen molar-refractivity contribution in [2.45, 2.75) is 13.8 Å². The molecule has 2 aromatic heterocycles. The summed E-state index contributed by atoms with van der Waals surface area (Å²) in [5.74, 6) is 0.162. The van der Waals surface area contributed by atoms with Crippen LogP contribution < -0.4 is 11.3 Å². The number of benzene rings is 1. The average Bonchev–Trinajstić information content (AvgIpc) is 2.67. The summed E-state index contributed by atoms with van der Waals surface area (Å²) in [5, 5.41) is 0.637. The number of thiophene rings is 1. The molecule has 0 spiro atoms. The minimum Gasteiger partial charge on any atom is -0.369 e. The van der Waals surface area contributed by atoms with Crippen molar-refractivity contribution < 1.29 is 0 Å². The highest BCUT2D eigenvalue weighted by Gasteiger charge is 2.15. The molecule has 0 aliphatic rings. The summed E-state index contributed by atoms with van der Waals surface area (Å²) in [4.78, 5) is 20.5. The van der Waals surface area contributed by atoms with E-state index in [4.69, 9.17) is 5.73 Å². The van der Waals surface area contributed by atoms with Gasteiger partial charge in [0.25, 0.3) is 5.56 Å². The molecule has 0 amide bonds. The number of nitrogen functional groups attached to an aromatic ring is 1. The number of aromatic amines is 1. The van der Waals surface area contributed by atoms with Gasteiger partial charge in [-0.15, -0.1) is 11.3 Å². The molecule has 0 unspecified atom stereocenters. The molecule has 0 radical (unpaired) electrons. The second kappa shape index (κ2) is 4.20. The minimum atomic E-state index is -0.170. The summed E-state index contributed by atoms with van der Waals surface area (Å²) in [6, 6.07) is 8.12. The number of hydrogen-bond acceptors (Lipinski definition) is 4. The van der Waals surface area contributed by atoms with Gasteiger partial charge in [0, 0.05) is 4.88 Å². The van der Waals surface area contributed by atoms with Crippen LogP contribution in [0.1, 0.15) is 11.1 Å². The van der Waals surface area contributed by atoms with Gasteiger partial charge < -0.3 is 5.73 Å². The molecule has 0 atom stereocenters. The van der Waals surface area contributed by atoms with Gasteiger partial charge in [0.1, 0.15) is 4.83 Å². The Morgan fingerprint density at radius 2 is 2.00 bits per heavy atom. The molecule has 0 bridgehead atoms. The van der Waals surface area contributed by atoms with E-state index in [0.717, 1.165) is 16.0 Å². The van der Waals surface area contributed by atoms with Crippen molar-refractivity contribution in [2.24, 2.45) is 0 Å². The first-order chi connectivity index (χ1) is 9.08. The SMILES string of the molecule is Cc1ccccc1-c1sc2nc(N)[nH]c(=O)c2c1C. The molecule has 5 heteroatoms. The van der Waals surface area contributed by atoms with E-state index in [9.17, 15) is 4.79 Å². The maximum Gasteiger partial charge on any atom is 0.261 e. The molecule has 0 saturated carbocycles. The second-order valence-electron chi connectivity index (χ2n) is 4.50. The van der Waals surface area contributed by atoms with Crippen LogP contribution in [-0.4, -0.2) is 9.97 Å². The van der Waals surface area contributed by atoms with Crippen molar-refractivity contribution >= 4 is 27.5 Å². The number of nitrogens with two attached hydrogens (primary N) is 1. The molecule has 0 aliphatic carbocycles. The van der Waals surface area contributed by atoms with Gasteiger partial charge in [-0.2, -0.15) is 0 Å². The lowest BCUT2D eigenvalue weighted by molar-refractivity contribution is 1.19. The smallest absolute Gasteiger partial charge is 0.261 e. The van der Waals surface area contributed by atoms with Crippen LogP contribution in [0, 0.1) is 13.8 Å². The van der Waals surface area contributed by atoms with E-state index in [0.29, 0.717) is 10.2 Å². The van der Waals surface area contributed by atoms with Crippen molar-refractivity contribution in [1.29, 1.82) is 0 Å². The summed E-state index contributed by atoms with van der Waals surface area (Å²) < 4.78 is 0. The van der Waals surface area contributed by atoms with Crippen LogP contribution in [0.25, 0.3) is 20.7 Å². The summed E-state index contributed by atoms with van der Waals surface area (Å²) in [6.07, 6.45) is 0. The Hall–Kier alpha value is -2.14. The lowest BCUT2D eigenvalue weighted by atomic mass is 10.0. The van der Waals surface area contributed by atoms with Gasteiger partial charge in [0.2, 0.25) is 5.95 Å². The predicted octanol–water partition coefficient (Wildman–Crippen LogP) is 2.85. The summed E-state index contributed by atoms with van der Waals surface area (Å²) in [5.41, 5.74) is 8.71. The van der Waals surface area contributed by atoms with Gasteiger partial charge in [0.05, 0.1) is 5.39 Å². The van der Waals surface area contributed by atoms with Crippen molar-refractivity contribution in [3.05, 3.63) is 45.7 Å². The van der Waals surface area contributed by atoms with Gasteiger partial charge in [0.15, 0.2) is 0 Å².